The van der Waals surface area contributed by atoms with Crippen molar-refractivity contribution in [3.8, 4) is 0 Å². The third kappa shape index (κ3) is 1.52. The summed E-state index contributed by atoms with van der Waals surface area (Å²) in [5.41, 5.74) is 5.56. The van der Waals surface area contributed by atoms with Crippen molar-refractivity contribution in [3.63, 3.8) is 0 Å². The number of hydrogen-bond acceptors (Lipinski definition) is 0. The lowest BCUT2D eigenvalue weighted by Gasteiger charge is -2.07. The van der Waals surface area contributed by atoms with Gasteiger partial charge in [-0.05, 0) is 42.0 Å². The maximum Gasteiger partial charge on any atom is -0.00666 e. The van der Waals surface area contributed by atoms with Crippen LogP contribution in [0.3, 0.4) is 0 Å². The summed E-state index contributed by atoms with van der Waals surface area (Å²) in [7, 11) is 0. The van der Waals surface area contributed by atoms with Crippen LogP contribution in [0, 0.1) is 12.8 Å². The average Bonchev–Trinajstić information content (AvgIpc) is 2.46. The topological polar surface area (TPSA) is 0 Å². The molecule has 0 nitrogen and oxygen atoms in total. The molecule has 0 amide bonds. The van der Waals surface area contributed by atoms with Crippen LogP contribution < -0.4 is 0 Å². The second-order valence-corrected chi connectivity index (χ2v) is 4.10. The van der Waals surface area contributed by atoms with Crippen LogP contribution in [0.25, 0.3) is 5.57 Å². The van der Waals surface area contributed by atoms with Gasteiger partial charge in [0.1, 0.15) is 0 Å². The van der Waals surface area contributed by atoms with Crippen LogP contribution in [0.1, 0.15) is 25.0 Å². The molecule has 72 valence electrons. The molecule has 0 aliphatic heterocycles. The van der Waals surface area contributed by atoms with Crippen LogP contribution >= 0.6 is 0 Å². The molecule has 1 aromatic rings. The van der Waals surface area contributed by atoms with Crippen molar-refractivity contribution in [3.05, 3.63) is 53.1 Å². The zero-order valence-corrected chi connectivity index (χ0v) is 9.04. The van der Waals surface area contributed by atoms with Gasteiger partial charge in [-0.15, -0.1) is 0 Å². The van der Waals surface area contributed by atoms with E-state index in [1.807, 2.05) is 0 Å². The molecule has 14 heavy (non-hydrogen) atoms. The SMILES string of the molecule is CC1=CC(C)C=C1c1ccccc1C. The summed E-state index contributed by atoms with van der Waals surface area (Å²) in [5.74, 6) is 0.588. The van der Waals surface area contributed by atoms with Gasteiger partial charge in [-0.25, -0.2) is 0 Å². The normalized spacial score (nSPS) is 20.6. The molecule has 0 saturated carbocycles. The van der Waals surface area contributed by atoms with Crippen molar-refractivity contribution < 1.29 is 0 Å². The molecule has 1 aromatic carbocycles. The van der Waals surface area contributed by atoms with E-state index in [0.717, 1.165) is 0 Å². The molecular formula is C14H16. The molecule has 0 heterocycles. The van der Waals surface area contributed by atoms with Crippen LogP contribution in [-0.4, -0.2) is 0 Å². The Hall–Kier alpha value is -1.30. The van der Waals surface area contributed by atoms with E-state index in [-0.39, 0.29) is 0 Å². The molecule has 1 aliphatic carbocycles. The Bertz CT molecular complexity index is 408. The van der Waals surface area contributed by atoms with Crippen LogP contribution in [0.15, 0.2) is 42.0 Å². The minimum Gasteiger partial charge on any atom is -0.0743 e. The van der Waals surface area contributed by atoms with E-state index in [1.165, 1.54) is 22.3 Å². The largest absolute Gasteiger partial charge is 0.0743 e. The molecule has 0 spiro atoms. The zero-order chi connectivity index (χ0) is 10.1. The predicted molar refractivity (Wildman–Crippen MR) is 62.1 cm³/mol. The fourth-order valence-corrected chi connectivity index (χ4v) is 2.10. The Morgan fingerprint density at radius 2 is 1.71 bits per heavy atom. The summed E-state index contributed by atoms with van der Waals surface area (Å²) >= 11 is 0. The molecule has 0 bridgehead atoms. The molecule has 1 aliphatic rings. The highest BCUT2D eigenvalue weighted by Gasteiger charge is 2.13. The van der Waals surface area contributed by atoms with Gasteiger partial charge >= 0.3 is 0 Å². The van der Waals surface area contributed by atoms with Gasteiger partial charge in [0.2, 0.25) is 0 Å². The Balaban J connectivity index is 2.48. The Morgan fingerprint density at radius 3 is 2.29 bits per heavy atom. The third-order valence-corrected chi connectivity index (χ3v) is 2.80. The maximum atomic E-state index is 2.34. The van der Waals surface area contributed by atoms with Crippen LogP contribution in [0.5, 0.6) is 0 Å². The number of allylic oxidation sites excluding steroid dienone is 4. The Labute approximate surface area is 86.0 Å². The monoisotopic (exact) mass is 184 g/mol. The number of benzene rings is 1. The zero-order valence-electron chi connectivity index (χ0n) is 9.04. The Morgan fingerprint density at radius 1 is 1.00 bits per heavy atom. The number of rotatable bonds is 1. The van der Waals surface area contributed by atoms with Gasteiger partial charge < -0.3 is 0 Å². The minimum absolute atomic E-state index is 0.588. The van der Waals surface area contributed by atoms with Gasteiger partial charge in [-0.3, -0.25) is 0 Å². The van der Waals surface area contributed by atoms with Gasteiger partial charge in [0.05, 0.1) is 0 Å². The predicted octanol–water partition coefficient (Wildman–Crippen LogP) is 3.97. The summed E-state index contributed by atoms with van der Waals surface area (Å²) in [6.45, 7) is 6.60. The van der Waals surface area contributed by atoms with Gasteiger partial charge in [0.15, 0.2) is 0 Å². The highest BCUT2D eigenvalue weighted by molar-refractivity contribution is 5.82. The van der Waals surface area contributed by atoms with Crippen molar-refractivity contribution in [2.45, 2.75) is 20.8 Å². The van der Waals surface area contributed by atoms with Gasteiger partial charge in [0.25, 0.3) is 0 Å². The summed E-state index contributed by atoms with van der Waals surface area (Å²) < 4.78 is 0. The minimum atomic E-state index is 0.588. The molecule has 2 rings (SSSR count). The summed E-state index contributed by atoms with van der Waals surface area (Å²) in [6.07, 6.45) is 4.67. The lowest BCUT2D eigenvalue weighted by Crippen LogP contribution is -1.87. The molecule has 0 aromatic heterocycles. The van der Waals surface area contributed by atoms with Crippen molar-refractivity contribution in [1.29, 1.82) is 0 Å². The van der Waals surface area contributed by atoms with Crippen LogP contribution in [0.4, 0.5) is 0 Å². The van der Waals surface area contributed by atoms with Gasteiger partial charge in [-0.1, -0.05) is 43.3 Å². The van der Waals surface area contributed by atoms with Crippen LogP contribution in [0.2, 0.25) is 0 Å². The molecular weight excluding hydrogens is 168 g/mol. The second kappa shape index (κ2) is 3.45. The standard InChI is InChI=1S/C14H16/c1-10-8-12(3)14(9-10)13-7-5-4-6-11(13)2/h4-10H,1-3H3. The van der Waals surface area contributed by atoms with E-state index in [4.69, 9.17) is 0 Å². The van der Waals surface area contributed by atoms with Crippen molar-refractivity contribution in [2.24, 2.45) is 5.92 Å². The first-order valence-corrected chi connectivity index (χ1v) is 5.15. The quantitative estimate of drug-likeness (QED) is 0.619. The van der Waals surface area contributed by atoms with E-state index in [0.29, 0.717) is 5.92 Å². The fourth-order valence-electron chi connectivity index (χ4n) is 2.10. The molecule has 0 saturated heterocycles. The van der Waals surface area contributed by atoms with Crippen molar-refractivity contribution in [1.82, 2.24) is 0 Å². The third-order valence-electron chi connectivity index (χ3n) is 2.80. The molecule has 0 radical (unpaired) electrons. The van der Waals surface area contributed by atoms with E-state index in [1.54, 1.807) is 0 Å². The molecule has 0 fully saturated rings. The molecule has 1 atom stereocenters. The van der Waals surface area contributed by atoms with E-state index in [9.17, 15) is 0 Å². The van der Waals surface area contributed by atoms with Gasteiger partial charge in [0, 0.05) is 0 Å². The summed E-state index contributed by atoms with van der Waals surface area (Å²) in [6, 6.07) is 8.58. The first kappa shape index (κ1) is 9.26. The lowest BCUT2D eigenvalue weighted by molar-refractivity contribution is 0.955. The Kier molecular flexibility index (Phi) is 2.28. The average molecular weight is 184 g/mol. The number of aryl methyl sites for hydroxylation is 1. The van der Waals surface area contributed by atoms with E-state index in [2.05, 4.69) is 57.2 Å². The first-order valence-electron chi connectivity index (χ1n) is 5.15. The molecule has 0 heteroatoms. The van der Waals surface area contributed by atoms with Crippen LogP contribution in [-0.2, 0) is 0 Å². The fraction of sp³-hybridized carbons (Fsp3) is 0.286. The van der Waals surface area contributed by atoms with Gasteiger partial charge in [-0.2, -0.15) is 0 Å². The molecule has 1 unspecified atom stereocenters. The first-order chi connectivity index (χ1) is 6.68. The summed E-state index contributed by atoms with van der Waals surface area (Å²) in [4.78, 5) is 0. The second-order valence-electron chi connectivity index (χ2n) is 4.10. The van der Waals surface area contributed by atoms with E-state index < -0.39 is 0 Å². The van der Waals surface area contributed by atoms with E-state index >= 15 is 0 Å². The smallest absolute Gasteiger partial charge is 0.00666 e. The maximum absolute atomic E-state index is 2.34. The highest BCUT2D eigenvalue weighted by atomic mass is 14.2. The summed E-state index contributed by atoms with van der Waals surface area (Å²) in [5, 5.41) is 0. The molecule has 0 N–H and O–H groups in total. The van der Waals surface area contributed by atoms with Crippen molar-refractivity contribution in [2.75, 3.05) is 0 Å². The lowest BCUT2D eigenvalue weighted by atomic mass is 9.97. The highest BCUT2D eigenvalue weighted by Crippen LogP contribution is 2.32. The number of hydrogen-bond donors (Lipinski definition) is 0. The van der Waals surface area contributed by atoms with Crippen molar-refractivity contribution >= 4 is 5.57 Å².